The molecule has 0 aliphatic rings. The van der Waals surface area contributed by atoms with Crippen molar-refractivity contribution in [3.05, 3.63) is 64.4 Å². The molecule has 0 saturated carbocycles. The van der Waals surface area contributed by atoms with Crippen LogP contribution in [0.25, 0.3) is 0 Å². The number of esters is 1. The van der Waals surface area contributed by atoms with Gasteiger partial charge in [-0.15, -0.1) is 0 Å². The Morgan fingerprint density at radius 2 is 1.81 bits per heavy atom. The molecule has 0 bridgehead atoms. The summed E-state index contributed by atoms with van der Waals surface area (Å²) in [5.41, 5.74) is 0.427. The molecular formula is C18H15ClF3NO4. The minimum Gasteiger partial charge on any atom is -0.452 e. The van der Waals surface area contributed by atoms with Gasteiger partial charge in [-0.25, -0.2) is 9.18 Å². The van der Waals surface area contributed by atoms with Crippen LogP contribution in [0.4, 0.5) is 13.2 Å². The SMILES string of the molecule is O=C(COC(=O)c1cc(Cl)ccc1F)NCCc1ccc(OC(F)F)cc1. The number of amides is 1. The van der Waals surface area contributed by atoms with E-state index in [1.165, 1.54) is 18.2 Å². The molecule has 0 spiro atoms. The van der Waals surface area contributed by atoms with Crippen LogP contribution in [0.5, 0.6) is 5.75 Å². The molecule has 2 aromatic carbocycles. The number of carbonyl (C=O) groups is 2. The molecule has 2 aromatic rings. The third-order valence-corrected chi connectivity index (χ3v) is 3.60. The molecule has 0 fully saturated rings. The number of carbonyl (C=O) groups excluding carboxylic acids is 2. The van der Waals surface area contributed by atoms with Crippen LogP contribution in [0.15, 0.2) is 42.5 Å². The highest BCUT2D eigenvalue weighted by atomic mass is 35.5. The zero-order valence-electron chi connectivity index (χ0n) is 13.9. The van der Waals surface area contributed by atoms with Crippen LogP contribution in [0.1, 0.15) is 15.9 Å². The zero-order valence-corrected chi connectivity index (χ0v) is 14.6. The molecule has 0 unspecified atom stereocenters. The summed E-state index contributed by atoms with van der Waals surface area (Å²) >= 11 is 5.69. The highest BCUT2D eigenvalue weighted by molar-refractivity contribution is 6.30. The van der Waals surface area contributed by atoms with Crippen molar-refractivity contribution in [1.82, 2.24) is 5.32 Å². The fourth-order valence-corrected chi connectivity index (χ4v) is 2.27. The Morgan fingerprint density at radius 1 is 1.11 bits per heavy atom. The Balaban J connectivity index is 1.73. The van der Waals surface area contributed by atoms with E-state index in [1.54, 1.807) is 12.1 Å². The van der Waals surface area contributed by atoms with Gasteiger partial charge >= 0.3 is 12.6 Å². The number of ether oxygens (including phenoxy) is 2. The van der Waals surface area contributed by atoms with Crippen LogP contribution < -0.4 is 10.1 Å². The van der Waals surface area contributed by atoms with E-state index in [0.717, 1.165) is 17.7 Å². The fraction of sp³-hybridized carbons (Fsp3) is 0.222. The molecular weight excluding hydrogens is 387 g/mol. The van der Waals surface area contributed by atoms with Gasteiger partial charge < -0.3 is 14.8 Å². The number of hydrogen-bond donors (Lipinski definition) is 1. The van der Waals surface area contributed by atoms with E-state index in [9.17, 15) is 22.8 Å². The lowest BCUT2D eigenvalue weighted by Gasteiger charge is -2.08. The van der Waals surface area contributed by atoms with E-state index in [1.807, 2.05) is 0 Å². The standard InChI is InChI=1S/C18H15ClF3NO4/c19-12-3-6-15(20)14(9-12)17(25)26-10-16(24)23-8-7-11-1-4-13(5-2-11)27-18(21)22/h1-6,9,18H,7-8,10H2,(H,23,24). The molecule has 0 atom stereocenters. The van der Waals surface area contributed by atoms with Gasteiger partial charge in [0.1, 0.15) is 11.6 Å². The molecule has 144 valence electrons. The maximum atomic E-state index is 13.5. The van der Waals surface area contributed by atoms with Gasteiger partial charge in [-0.3, -0.25) is 4.79 Å². The van der Waals surface area contributed by atoms with Crippen LogP contribution in [-0.2, 0) is 16.0 Å². The van der Waals surface area contributed by atoms with Crippen molar-refractivity contribution in [1.29, 1.82) is 0 Å². The summed E-state index contributed by atoms with van der Waals surface area (Å²) in [6, 6.07) is 9.38. The van der Waals surface area contributed by atoms with Crippen LogP contribution >= 0.6 is 11.6 Å². The Morgan fingerprint density at radius 3 is 2.48 bits per heavy atom. The summed E-state index contributed by atoms with van der Waals surface area (Å²) in [7, 11) is 0. The zero-order chi connectivity index (χ0) is 19.8. The van der Waals surface area contributed by atoms with Gasteiger partial charge in [-0.05, 0) is 42.3 Å². The summed E-state index contributed by atoms with van der Waals surface area (Å²) in [6.45, 7) is -3.23. The smallest absolute Gasteiger partial charge is 0.387 e. The summed E-state index contributed by atoms with van der Waals surface area (Å²) < 4.78 is 46.6. The molecule has 0 aromatic heterocycles. The monoisotopic (exact) mass is 401 g/mol. The van der Waals surface area contributed by atoms with Gasteiger partial charge in [0, 0.05) is 11.6 Å². The van der Waals surface area contributed by atoms with E-state index in [2.05, 4.69) is 10.1 Å². The van der Waals surface area contributed by atoms with E-state index < -0.39 is 30.9 Å². The first kappa shape index (κ1) is 20.6. The molecule has 0 aliphatic heterocycles. The van der Waals surface area contributed by atoms with Crippen molar-refractivity contribution in [3.63, 3.8) is 0 Å². The summed E-state index contributed by atoms with van der Waals surface area (Å²) in [5.74, 6) is -2.33. The molecule has 5 nitrogen and oxygen atoms in total. The molecule has 0 saturated heterocycles. The molecule has 0 radical (unpaired) electrons. The third kappa shape index (κ3) is 6.82. The molecule has 1 N–H and O–H groups in total. The largest absolute Gasteiger partial charge is 0.452 e. The van der Waals surface area contributed by atoms with E-state index in [4.69, 9.17) is 16.3 Å². The maximum absolute atomic E-state index is 13.5. The predicted molar refractivity (Wildman–Crippen MR) is 91.5 cm³/mol. The number of rotatable bonds is 8. The fourth-order valence-electron chi connectivity index (χ4n) is 2.10. The number of benzene rings is 2. The summed E-state index contributed by atoms with van der Waals surface area (Å²) in [4.78, 5) is 23.4. The van der Waals surface area contributed by atoms with Gasteiger partial charge in [-0.1, -0.05) is 23.7 Å². The van der Waals surface area contributed by atoms with Gasteiger partial charge in [0.15, 0.2) is 6.61 Å². The van der Waals surface area contributed by atoms with Crippen molar-refractivity contribution in [3.8, 4) is 5.75 Å². The maximum Gasteiger partial charge on any atom is 0.387 e. The van der Waals surface area contributed by atoms with Crippen LogP contribution in [0.2, 0.25) is 5.02 Å². The Hall–Kier alpha value is -2.74. The number of alkyl halides is 2. The second-order valence-electron chi connectivity index (χ2n) is 5.32. The number of nitrogens with one attached hydrogen (secondary N) is 1. The van der Waals surface area contributed by atoms with Crippen molar-refractivity contribution >= 4 is 23.5 Å². The van der Waals surface area contributed by atoms with Crippen molar-refractivity contribution < 1.29 is 32.2 Å². The molecule has 0 aliphatic carbocycles. The van der Waals surface area contributed by atoms with Crippen molar-refractivity contribution in [2.75, 3.05) is 13.2 Å². The molecule has 0 heterocycles. The van der Waals surface area contributed by atoms with Crippen LogP contribution in [0.3, 0.4) is 0 Å². The van der Waals surface area contributed by atoms with Gasteiger partial charge in [0.2, 0.25) is 0 Å². The van der Waals surface area contributed by atoms with E-state index >= 15 is 0 Å². The highest BCUT2D eigenvalue weighted by Crippen LogP contribution is 2.16. The normalized spacial score (nSPS) is 10.6. The average molecular weight is 402 g/mol. The molecule has 27 heavy (non-hydrogen) atoms. The number of halogens is 4. The molecule has 1 amide bonds. The number of hydrogen-bond acceptors (Lipinski definition) is 4. The first-order valence-electron chi connectivity index (χ1n) is 7.78. The first-order valence-corrected chi connectivity index (χ1v) is 8.15. The third-order valence-electron chi connectivity index (χ3n) is 3.37. The van der Waals surface area contributed by atoms with E-state index in [-0.39, 0.29) is 22.9 Å². The van der Waals surface area contributed by atoms with Gasteiger partial charge in [-0.2, -0.15) is 8.78 Å². The summed E-state index contributed by atoms with van der Waals surface area (Å²) in [5, 5.41) is 2.69. The minimum absolute atomic E-state index is 0.0398. The molecule has 9 heteroatoms. The minimum atomic E-state index is -2.89. The summed E-state index contributed by atoms with van der Waals surface area (Å²) in [6.07, 6.45) is 0.428. The topological polar surface area (TPSA) is 64.6 Å². The quantitative estimate of drug-likeness (QED) is 0.686. The van der Waals surface area contributed by atoms with Crippen molar-refractivity contribution in [2.24, 2.45) is 0 Å². The molecule has 2 rings (SSSR count). The Bertz CT molecular complexity index is 800. The first-order chi connectivity index (χ1) is 12.8. The second-order valence-corrected chi connectivity index (χ2v) is 5.76. The van der Waals surface area contributed by atoms with Gasteiger partial charge in [0.25, 0.3) is 5.91 Å². The Kier molecular flexibility index (Phi) is 7.48. The van der Waals surface area contributed by atoms with Crippen LogP contribution in [0, 0.1) is 5.82 Å². The average Bonchev–Trinajstić information content (AvgIpc) is 2.62. The van der Waals surface area contributed by atoms with Crippen molar-refractivity contribution in [2.45, 2.75) is 13.0 Å². The Labute approximate surface area is 158 Å². The second kappa shape index (κ2) is 9.82. The van der Waals surface area contributed by atoms with E-state index in [0.29, 0.717) is 6.42 Å². The highest BCUT2D eigenvalue weighted by Gasteiger charge is 2.15. The lowest BCUT2D eigenvalue weighted by molar-refractivity contribution is -0.124. The lowest BCUT2D eigenvalue weighted by Crippen LogP contribution is -2.30. The lowest BCUT2D eigenvalue weighted by atomic mass is 10.1. The van der Waals surface area contributed by atoms with Gasteiger partial charge in [0.05, 0.1) is 5.56 Å². The van der Waals surface area contributed by atoms with Crippen LogP contribution in [-0.4, -0.2) is 31.6 Å². The predicted octanol–water partition coefficient (Wildman–Crippen LogP) is 3.60.